The molecule has 40 heavy (non-hydrogen) atoms. The van der Waals surface area contributed by atoms with Crippen LogP contribution in [0.15, 0.2) is 66.2 Å². The Morgan fingerprint density at radius 2 is 1.73 bits per heavy atom. The Morgan fingerprint density at radius 1 is 1.02 bits per heavy atom. The van der Waals surface area contributed by atoms with E-state index in [4.69, 9.17) is 4.74 Å². The molecular formula is C30H27N3O7. The molecule has 1 unspecified atom stereocenters. The number of aromatic amines is 1. The van der Waals surface area contributed by atoms with Gasteiger partial charge in [-0.05, 0) is 72.5 Å². The number of nitrogens with zero attached hydrogens (tertiary/aromatic N) is 2. The number of aliphatic hydroxyl groups excluding tert-OH is 1. The third-order valence-corrected chi connectivity index (χ3v) is 6.62. The van der Waals surface area contributed by atoms with Crippen molar-refractivity contribution in [1.82, 2.24) is 9.97 Å². The molecule has 0 spiro atoms. The number of aromatic nitrogens is 2. The number of phenolic OH excluding ortho intramolecular Hbond substituents is 1. The number of nitrogens with one attached hydrogen (secondary N) is 1. The number of ether oxygens (including phenoxy) is 1. The summed E-state index contributed by atoms with van der Waals surface area (Å²) in [5, 5.41) is 30.6. The highest BCUT2D eigenvalue weighted by Gasteiger charge is 2.48. The van der Waals surface area contributed by atoms with Crippen LogP contribution in [0.5, 0.6) is 11.5 Å². The second-order valence-electron chi connectivity index (χ2n) is 10.0. The van der Waals surface area contributed by atoms with Gasteiger partial charge in [0.15, 0.2) is 0 Å². The van der Waals surface area contributed by atoms with Crippen molar-refractivity contribution in [1.29, 1.82) is 0 Å². The van der Waals surface area contributed by atoms with Crippen LogP contribution in [0.4, 0.5) is 5.95 Å². The largest absolute Gasteiger partial charge is 0.508 e. The van der Waals surface area contributed by atoms with Crippen molar-refractivity contribution >= 4 is 40.4 Å². The van der Waals surface area contributed by atoms with E-state index < -0.39 is 23.7 Å². The Morgan fingerprint density at radius 3 is 2.38 bits per heavy atom. The number of aromatic hydroxyl groups is 1. The van der Waals surface area contributed by atoms with Gasteiger partial charge in [0.25, 0.3) is 5.78 Å². The molecule has 1 saturated heterocycles. The number of hydrogen-bond donors (Lipinski definition) is 4. The first-order valence-corrected chi connectivity index (χ1v) is 12.6. The van der Waals surface area contributed by atoms with Gasteiger partial charge in [0.05, 0.1) is 34.8 Å². The summed E-state index contributed by atoms with van der Waals surface area (Å²) in [6.07, 6.45) is 0. The topological polar surface area (TPSA) is 153 Å². The van der Waals surface area contributed by atoms with Crippen molar-refractivity contribution in [2.75, 3.05) is 11.5 Å². The van der Waals surface area contributed by atoms with Crippen LogP contribution in [0, 0.1) is 12.8 Å². The summed E-state index contributed by atoms with van der Waals surface area (Å²) in [4.78, 5) is 46.8. The Labute approximate surface area is 229 Å². The van der Waals surface area contributed by atoms with Crippen LogP contribution in [0.25, 0.3) is 16.8 Å². The molecule has 3 aromatic carbocycles. The summed E-state index contributed by atoms with van der Waals surface area (Å²) < 4.78 is 5.83. The van der Waals surface area contributed by atoms with Gasteiger partial charge in [-0.3, -0.25) is 14.5 Å². The van der Waals surface area contributed by atoms with Crippen LogP contribution >= 0.6 is 0 Å². The molecular weight excluding hydrogens is 514 g/mol. The second kappa shape index (κ2) is 10.2. The predicted molar refractivity (Wildman–Crippen MR) is 147 cm³/mol. The van der Waals surface area contributed by atoms with E-state index in [0.29, 0.717) is 40.4 Å². The zero-order chi connectivity index (χ0) is 28.7. The van der Waals surface area contributed by atoms with Crippen molar-refractivity contribution in [3.05, 3.63) is 88.5 Å². The van der Waals surface area contributed by atoms with Gasteiger partial charge in [-0.15, -0.1) is 0 Å². The summed E-state index contributed by atoms with van der Waals surface area (Å²) >= 11 is 0. The predicted octanol–water partition coefficient (Wildman–Crippen LogP) is 4.94. The van der Waals surface area contributed by atoms with Gasteiger partial charge in [0.2, 0.25) is 5.95 Å². The Balaban J connectivity index is 1.64. The van der Waals surface area contributed by atoms with E-state index in [2.05, 4.69) is 9.97 Å². The molecule has 1 atom stereocenters. The number of ketones is 1. The van der Waals surface area contributed by atoms with Gasteiger partial charge < -0.3 is 25.0 Å². The van der Waals surface area contributed by atoms with E-state index in [1.165, 1.54) is 30.3 Å². The van der Waals surface area contributed by atoms with Gasteiger partial charge >= 0.3 is 11.9 Å². The summed E-state index contributed by atoms with van der Waals surface area (Å²) in [5.74, 6) is -2.39. The van der Waals surface area contributed by atoms with Gasteiger partial charge in [-0.2, -0.15) is 0 Å². The van der Waals surface area contributed by atoms with Gasteiger partial charge in [-0.25, -0.2) is 9.78 Å². The van der Waals surface area contributed by atoms with Crippen LogP contribution < -0.4 is 9.64 Å². The smallest absolute Gasteiger partial charge is 0.335 e. The quantitative estimate of drug-likeness (QED) is 0.146. The average molecular weight is 542 g/mol. The number of benzene rings is 3. The third kappa shape index (κ3) is 4.75. The second-order valence-corrected chi connectivity index (χ2v) is 10.0. The summed E-state index contributed by atoms with van der Waals surface area (Å²) in [6, 6.07) is 14.1. The lowest BCUT2D eigenvalue weighted by atomic mass is 9.95. The number of phenols is 1. The summed E-state index contributed by atoms with van der Waals surface area (Å²) in [6.45, 7) is 6.40. The molecule has 4 aromatic rings. The molecule has 1 fully saturated rings. The molecule has 1 amide bonds. The number of carbonyl (C=O) groups excluding carboxylic acids is 2. The fourth-order valence-corrected chi connectivity index (χ4v) is 4.64. The first-order valence-electron chi connectivity index (χ1n) is 12.6. The maximum Gasteiger partial charge on any atom is 0.335 e. The van der Waals surface area contributed by atoms with E-state index in [9.17, 15) is 29.7 Å². The third-order valence-electron chi connectivity index (χ3n) is 6.62. The van der Waals surface area contributed by atoms with Crippen molar-refractivity contribution in [2.45, 2.75) is 26.8 Å². The molecule has 0 bridgehead atoms. The van der Waals surface area contributed by atoms with E-state index >= 15 is 0 Å². The number of carbonyl (C=O) groups is 3. The minimum atomic E-state index is -1.13. The number of carboxylic acids is 1. The molecule has 1 aliphatic rings. The van der Waals surface area contributed by atoms with Gasteiger partial charge in [0.1, 0.15) is 17.3 Å². The lowest BCUT2D eigenvalue weighted by Crippen LogP contribution is -2.30. The molecule has 4 N–H and O–H groups in total. The molecule has 0 saturated carbocycles. The van der Waals surface area contributed by atoms with E-state index in [1.807, 2.05) is 20.8 Å². The SMILES string of the molecule is Cc1cc(/C(O)=C2\C(=O)C(=O)N(c3nc4ccc(C(=O)O)cc4[nH]3)C2c2ccc(O)cc2)ccc1OCC(C)C. The molecule has 1 aromatic heterocycles. The number of aliphatic hydroxyl groups is 1. The van der Waals surface area contributed by atoms with E-state index in [0.717, 1.165) is 10.5 Å². The van der Waals surface area contributed by atoms with Crippen molar-refractivity contribution in [3.8, 4) is 11.5 Å². The van der Waals surface area contributed by atoms with E-state index in [1.54, 1.807) is 30.3 Å². The Bertz CT molecular complexity index is 1690. The normalized spacial score (nSPS) is 16.7. The zero-order valence-electron chi connectivity index (χ0n) is 22.0. The molecule has 0 aliphatic carbocycles. The number of fused-ring (bicyclic) bond motifs is 1. The lowest BCUT2D eigenvalue weighted by molar-refractivity contribution is -0.132. The highest BCUT2D eigenvalue weighted by Crippen LogP contribution is 2.42. The fraction of sp³-hybridized carbons (Fsp3) is 0.200. The first kappa shape index (κ1) is 26.5. The van der Waals surface area contributed by atoms with Crippen molar-refractivity contribution in [2.24, 2.45) is 5.92 Å². The fourth-order valence-electron chi connectivity index (χ4n) is 4.64. The average Bonchev–Trinajstić information content (AvgIpc) is 3.45. The highest BCUT2D eigenvalue weighted by molar-refractivity contribution is 6.51. The first-order chi connectivity index (χ1) is 19.0. The number of amides is 1. The minimum Gasteiger partial charge on any atom is -0.508 e. The Hall–Kier alpha value is -5.12. The summed E-state index contributed by atoms with van der Waals surface area (Å²) in [7, 11) is 0. The number of H-pyrrole nitrogens is 1. The van der Waals surface area contributed by atoms with Gasteiger partial charge in [-0.1, -0.05) is 26.0 Å². The van der Waals surface area contributed by atoms with Crippen LogP contribution in [0.1, 0.15) is 46.9 Å². The maximum absolute atomic E-state index is 13.4. The number of hydrogen-bond acceptors (Lipinski definition) is 7. The van der Waals surface area contributed by atoms with Crippen LogP contribution in [-0.2, 0) is 9.59 Å². The Kier molecular flexibility index (Phi) is 6.76. The highest BCUT2D eigenvalue weighted by atomic mass is 16.5. The molecule has 1 aliphatic heterocycles. The minimum absolute atomic E-state index is 0.00498. The molecule has 0 radical (unpaired) electrons. The molecule has 2 heterocycles. The van der Waals surface area contributed by atoms with E-state index in [-0.39, 0.29) is 28.6 Å². The standard InChI is InChI=1S/C30H27N3O7/c1-15(2)14-40-23-11-7-18(12-16(23)3)26(35)24-25(17-4-8-20(34)9-5-17)33(28(37)27(24)36)30-31-21-10-6-19(29(38)39)13-22(21)32-30/h4-13,15,25,34-35H,14H2,1-3H3,(H,31,32)(H,38,39)/b26-24+. The number of carboxylic acid groups (broad SMARTS) is 1. The van der Waals surface area contributed by atoms with Crippen LogP contribution in [0.3, 0.4) is 0 Å². The molecule has 204 valence electrons. The summed E-state index contributed by atoms with van der Waals surface area (Å²) in [5.41, 5.74) is 2.12. The number of aryl methyl sites for hydroxylation is 1. The lowest BCUT2D eigenvalue weighted by Gasteiger charge is -2.23. The van der Waals surface area contributed by atoms with Crippen molar-refractivity contribution in [3.63, 3.8) is 0 Å². The molecule has 10 heteroatoms. The zero-order valence-corrected chi connectivity index (χ0v) is 22.0. The molecule has 5 rings (SSSR count). The van der Waals surface area contributed by atoms with Gasteiger partial charge in [0, 0.05) is 5.56 Å². The number of Topliss-reactive ketones (excluding diaryl/α,β-unsaturated/α-hetero) is 1. The van der Waals surface area contributed by atoms with Crippen LogP contribution in [0.2, 0.25) is 0 Å². The van der Waals surface area contributed by atoms with Crippen LogP contribution in [-0.4, -0.2) is 49.6 Å². The number of imidazole rings is 1. The maximum atomic E-state index is 13.4. The number of rotatable bonds is 7. The number of aromatic carboxylic acids is 1. The molecule has 10 nitrogen and oxygen atoms in total. The number of anilines is 1. The monoisotopic (exact) mass is 541 g/mol. The van der Waals surface area contributed by atoms with Crippen molar-refractivity contribution < 1.29 is 34.4 Å².